The van der Waals surface area contributed by atoms with Crippen LogP contribution in [0.3, 0.4) is 0 Å². The summed E-state index contributed by atoms with van der Waals surface area (Å²) in [6.45, 7) is 8.77. The van der Waals surface area contributed by atoms with Crippen LogP contribution in [0.2, 0.25) is 0 Å². The molecule has 1 aromatic rings. The molecule has 3 rings (SSSR count). The lowest BCUT2D eigenvalue weighted by Crippen LogP contribution is -2.51. The van der Waals surface area contributed by atoms with Crippen molar-refractivity contribution in [1.29, 1.82) is 0 Å². The van der Waals surface area contributed by atoms with E-state index in [1.807, 2.05) is 0 Å². The predicted molar refractivity (Wildman–Crippen MR) is 86.9 cm³/mol. The van der Waals surface area contributed by atoms with Crippen LogP contribution in [-0.4, -0.2) is 35.1 Å². The first-order valence-electron chi connectivity index (χ1n) is 8.51. The summed E-state index contributed by atoms with van der Waals surface area (Å²) in [5, 5.41) is 3.68. The minimum atomic E-state index is 0.457. The summed E-state index contributed by atoms with van der Waals surface area (Å²) in [4.78, 5) is 12.1. The molecule has 2 aliphatic heterocycles. The number of piperidine rings is 1. The molecule has 0 aromatic carbocycles. The Bertz CT molecular complexity index is 480. The van der Waals surface area contributed by atoms with Crippen LogP contribution >= 0.6 is 0 Å². The summed E-state index contributed by atoms with van der Waals surface area (Å²) in [6.07, 6.45) is 6.47. The minimum absolute atomic E-state index is 0.457. The fraction of sp³-hybridized carbons (Fsp3) is 0.765. The first kappa shape index (κ1) is 14.8. The van der Waals surface area contributed by atoms with E-state index in [9.17, 15) is 0 Å². The Morgan fingerprint density at radius 2 is 2.05 bits per heavy atom. The number of nitrogens with one attached hydrogen (secondary N) is 1. The zero-order chi connectivity index (χ0) is 14.8. The van der Waals surface area contributed by atoms with Crippen molar-refractivity contribution in [3.05, 3.63) is 17.5 Å². The molecule has 0 radical (unpaired) electrons. The van der Waals surface area contributed by atoms with E-state index in [2.05, 4.69) is 37.1 Å². The summed E-state index contributed by atoms with van der Waals surface area (Å²) in [5.41, 5.74) is 2.26. The van der Waals surface area contributed by atoms with Crippen molar-refractivity contribution < 1.29 is 0 Å². The van der Waals surface area contributed by atoms with Gasteiger partial charge in [0, 0.05) is 30.0 Å². The molecule has 21 heavy (non-hydrogen) atoms. The van der Waals surface area contributed by atoms with E-state index in [1.165, 1.54) is 44.3 Å². The molecule has 116 valence electrons. The molecule has 4 nitrogen and oxygen atoms in total. The van der Waals surface area contributed by atoms with Crippen molar-refractivity contribution in [2.24, 2.45) is 0 Å². The smallest absolute Gasteiger partial charge is 0.226 e. The van der Waals surface area contributed by atoms with Gasteiger partial charge in [0.1, 0.15) is 0 Å². The number of nitrogens with zero attached hydrogens (tertiary/aromatic N) is 3. The maximum absolute atomic E-state index is 4.87. The van der Waals surface area contributed by atoms with E-state index in [1.54, 1.807) is 0 Å². The van der Waals surface area contributed by atoms with Gasteiger partial charge < -0.3 is 10.2 Å². The summed E-state index contributed by atoms with van der Waals surface area (Å²) in [7, 11) is 0. The Morgan fingerprint density at radius 1 is 1.19 bits per heavy atom. The Balaban J connectivity index is 1.88. The van der Waals surface area contributed by atoms with E-state index >= 15 is 0 Å². The standard InChI is InChI=1S/C17H28N4/c1-12(2)15-11-13(3)19-17(20-15)21-10-5-4-8-16(21)14-7-6-9-18-14/h11-12,14,16,18H,4-10H2,1-3H3. The SMILES string of the molecule is Cc1cc(C(C)C)nc(N2CCCCC2C2CCCN2)n1. The quantitative estimate of drug-likeness (QED) is 0.928. The molecule has 2 saturated heterocycles. The third-order valence-electron chi connectivity index (χ3n) is 4.82. The highest BCUT2D eigenvalue weighted by atomic mass is 15.3. The second-order valence-electron chi connectivity index (χ2n) is 6.85. The Hall–Kier alpha value is -1.16. The van der Waals surface area contributed by atoms with Crippen LogP contribution in [0.15, 0.2) is 6.07 Å². The van der Waals surface area contributed by atoms with Crippen molar-refractivity contribution in [2.75, 3.05) is 18.0 Å². The van der Waals surface area contributed by atoms with Crippen molar-refractivity contribution in [2.45, 2.75) is 70.9 Å². The molecule has 0 amide bonds. The van der Waals surface area contributed by atoms with Crippen LogP contribution in [0.1, 0.15) is 63.3 Å². The summed E-state index contributed by atoms with van der Waals surface area (Å²) in [5.74, 6) is 1.41. The average Bonchev–Trinajstić information content (AvgIpc) is 3.00. The third kappa shape index (κ3) is 3.20. The molecule has 1 N–H and O–H groups in total. The van der Waals surface area contributed by atoms with Gasteiger partial charge in [0.2, 0.25) is 5.95 Å². The number of rotatable bonds is 3. The van der Waals surface area contributed by atoms with E-state index in [4.69, 9.17) is 9.97 Å². The first-order valence-corrected chi connectivity index (χ1v) is 8.51. The maximum atomic E-state index is 4.87. The zero-order valence-electron chi connectivity index (χ0n) is 13.6. The molecule has 2 fully saturated rings. The van der Waals surface area contributed by atoms with Crippen molar-refractivity contribution in [1.82, 2.24) is 15.3 Å². The van der Waals surface area contributed by atoms with Gasteiger partial charge in [-0.05, 0) is 57.6 Å². The predicted octanol–water partition coefficient (Wildman–Crippen LogP) is 3.02. The summed E-state index contributed by atoms with van der Waals surface area (Å²) < 4.78 is 0. The van der Waals surface area contributed by atoms with Gasteiger partial charge in [0.25, 0.3) is 0 Å². The van der Waals surface area contributed by atoms with Gasteiger partial charge in [-0.15, -0.1) is 0 Å². The third-order valence-corrected chi connectivity index (χ3v) is 4.82. The van der Waals surface area contributed by atoms with E-state index < -0.39 is 0 Å². The van der Waals surface area contributed by atoms with Crippen molar-refractivity contribution in [3.8, 4) is 0 Å². The normalized spacial score (nSPS) is 26.6. The lowest BCUT2D eigenvalue weighted by Gasteiger charge is -2.39. The van der Waals surface area contributed by atoms with Crippen LogP contribution in [0, 0.1) is 6.92 Å². The van der Waals surface area contributed by atoms with Crippen LogP contribution in [-0.2, 0) is 0 Å². The monoisotopic (exact) mass is 288 g/mol. The highest BCUT2D eigenvalue weighted by Gasteiger charge is 2.33. The Labute approximate surface area is 128 Å². The van der Waals surface area contributed by atoms with Crippen molar-refractivity contribution in [3.63, 3.8) is 0 Å². The van der Waals surface area contributed by atoms with Gasteiger partial charge in [-0.1, -0.05) is 13.8 Å². The molecular weight excluding hydrogens is 260 g/mol. The molecule has 0 saturated carbocycles. The lowest BCUT2D eigenvalue weighted by atomic mass is 9.95. The average molecular weight is 288 g/mol. The van der Waals surface area contributed by atoms with E-state index in [0.29, 0.717) is 18.0 Å². The molecule has 3 heterocycles. The van der Waals surface area contributed by atoms with Crippen LogP contribution in [0.25, 0.3) is 0 Å². The molecule has 1 aromatic heterocycles. The first-order chi connectivity index (χ1) is 10.1. The molecule has 2 atom stereocenters. The topological polar surface area (TPSA) is 41.1 Å². The Morgan fingerprint density at radius 3 is 2.76 bits per heavy atom. The number of hydrogen-bond donors (Lipinski definition) is 1. The van der Waals surface area contributed by atoms with Gasteiger partial charge >= 0.3 is 0 Å². The fourth-order valence-corrected chi connectivity index (χ4v) is 3.66. The van der Waals surface area contributed by atoms with E-state index in [-0.39, 0.29) is 0 Å². The van der Waals surface area contributed by atoms with Crippen LogP contribution < -0.4 is 10.2 Å². The van der Waals surface area contributed by atoms with Gasteiger partial charge in [0.15, 0.2) is 0 Å². The van der Waals surface area contributed by atoms with Gasteiger partial charge in [-0.2, -0.15) is 0 Å². The highest BCUT2D eigenvalue weighted by Crippen LogP contribution is 2.28. The van der Waals surface area contributed by atoms with Crippen molar-refractivity contribution >= 4 is 5.95 Å². The molecule has 4 heteroatoms. The highest BCUT2D eigenvalue weighted by molar-refractivity contribution is 5.36. The number of anilines is 1. The summed E-state index contributed by atoms with van der Waals surface area (Å²) >= 11 is 0. The summed E-state index contributed by atoms with van der Waals surface area (Å²) in [6, 6.07) is 3.32. The van der Waals surface area contributed by atoms with Gasteiger partial charge in [-0.3, -0.25) is 0 Å². The van der Waals surface area contributed by atoms with Crippen LogP contribution in [0.4, 0.5) is 5.95 Å². The molecule has 2 unspecified atom stereocenters. The van der Waals surface area contributed by atoms with Crippen LogP contribution in [0.5, 0.6) is 0 Å². The zero-order valence-corrected chi connectivity index (χ0v) is 13.6. The lowest BCUT2D eigenvalue weighted by molar-refractivity contribution is 0.373. The second kappa shape index (κ2) is 6.30. The molecule has 0 spiro atoms. The number of hydrogen-bond acceptors (Lipinski definition) is 4. The number of aromatic nitrogens is 2. The maximum Gasteiger partial charge on any atom is 0.226 e. The van der Waals surface area contributed by atoms with Gasteiger partial charge in [-0.25, -0.2) is 9.97 Å². The molecular formula is C17H28N4. The molecule has 2 aliphatic rings. The Kier molecular flexibility index (Phi) is 4.43. The molecule has 0 bridgehead atoms. The molecule has 0 aliphatic carbocycles. The second-order valence-corrected chi connectivity index (χ2v) is 6.85. The van der Waals surface area contributed by atoms with E-state index in [0.717, 1.165) is 18.2 Å². The van der Waals surface area contributed by atoms with Gasteiger partial charge in [0.05, 0.1) is 0 Å². The largest absolute Gasteiger partial charge is 0.336 e. The minimum Gasteiger partial charge on any atom is -0.336 e. The fourth-order valence-electron chi connectivity index (χ4n) is 3.66. The number of aryl methyl sites for hydroxylation is 1.